The number of hydrogen-bond acceptors (Lipinski definition) is 8. The van der Waals surface area contributed by atoms with Crippen LogP contribution in [0.3, 0.4) is 0 Å². The molecule has 3 heterocycles. The van der Waals surface area contributed by atoms with E-state index in [1.165, 1.54) is 20.5 Å². The van der Waals surface area contributed by atoms with E-state index in [2.05, 4.69) is 15.7 Å². The molecular weight excluding hydrogens is 681 g/mol. The summed E-state index contributed by atoms with van der Waals surface area (Å²) in [7, 11) is 0. The number of likely N-dealkylation sites (tertiary alicyclic amines) is 1. The van der Waals surface area contributed by atoms with Crippen LogP contribution in [0.5, 0.6) is 5.88 Å². The van der Waals surface area contributed by atoms with Crippen LogP contribution in [-0.4, -0.2) is 135 Å². The summed E-state index contributed by atoms with van der Waals surface area (Å²) in [6.45, 7) is -0.804. The Bertz CT molecular complexity index is 1610. The number of para-hydroxylation sites is 1. The zero-order valence-corrected chi connectivity index (χ0v) is 27.6. The third kappa shape index (κ3) is 9.26. The van der Waals surface area contributed by atoms with Crippen molar-refractivity contribution in [3.8, 4) is 11.6 Å². The lowest BCUT2D eigenvalue weighted by Gasteiger charge is -2.35. The van der Waals surface area contributed by atoms with Crippen LogP contribution in [0.25, 0.3) is 5.69 Å². The predicted octanol–water partition coefficient (Wildman–Crippen LogP) is 0.900. The first-order valence-electron chi connectivity index (χ1n) is 16.6. The lowest BCUT2D eigenvalue weighted by molar-refractivity contribution is -0.173. The van der Waals surface area contributed by atoms with Crippen molar-refractivity contribution in [2.75, 3.05) is 45.9 Å². The molecule has 276 valence electrons. The van der Waals surface area contributed by atoms with Crippen LogP contribution in [0, 0.1) is 0 Å². The summed E-state index contributed by atoms with van der Waals surface area (Å²) in [4.78, 5) is 79.6. The molecule has 1 saturated carbocycles. The van der Waals surface area contributed by atoms with E-state index in [0.29, 0.717) is 25.1 Å². The lowest BCUT2D eigenvalue weighted by Crippen LogP contribution is -2.56. The van der Waals surface area contributed by atoms with Crippen molar-refractivity contribution in [2.45, 2.75) is 62.8 Å². The highest BCUT2D eigenvalue weighted by atomic mass is 19.4. The molecule has 6 amide bonds. The molecule has 0 spiro atoms. The Kier molecular flexibility index (Phi) is 11.7. The summed E-state index contributed by atoms with van der Waals surface area (Å²) in [5.41, 5.74) is 0.199. The second-order valence-electron chi connectivity index (χ2n) is 12.4. The van der Waals surface area contributed by atoms with E-state index in [1.54, 1.807) is 35.6 Å². The van der Waals surface area contributed by atoms with Gasteiger partial charge in [-0.05, 0) is 50.7 Å². The number of carboxylic acid groups (broad SMARTS) is 1. The minimum Gasteiger partial charge on any atom is -0.467 e. The zero-order valence-electron chi connectivity index (χ0n) is 27.6. The van der Waals surface area contributed by atoms with Gasteiger partial charge in [0.15, 0.2) is 12.3 Å². The predicted molar refractivity (Wildman–Crippen MR) is 171 cm³/mol. The van der Waals surface area contributed by atoms with Gasteiger partial charge in [0, 0.05) is 51.4 Å². The summed E-state index contributed by atoms with van der Waals surface area (Å²) in [5.74, 6) is -4.47. The van der Waals surface area contributed by atoms with Gasteiger partial charge in [-0.1, -0.05) is 18.2 Å². The highest BCUT2D eigenvalue weighted by Crippen LogP contribution is 2.24. The minimum atomic E-state index is -5.16. The molecule has 2 atom stereocenters. The second kappa shape index (κ2) is 16.1. The fourth-order valence-electron chi connectivity index (χ4n) is 6.00. The number of alkyl halides is 3. The molecule has 4 N–H and O–H groups in total. The van der Waals surface area contributed by atoms with Crippen LogP contribution in [0.15, 0.2) is 36.4 Å². The van der Waals surface area contributed by atoms with Crippen molar-refractivity contribution in [1.82, 2.24) is 40.4 Å². The van der Waals surface area contributed by atoms with Crippen molar-refractivity contribution in [2.24, 2.45) is 0 Å². The molecule has 1 aromatic carbocycles. The van der Waals surface area contributed by atoms with Gasteiger partial charge < -0.3 is 40.5 Å². The van der Waals surface area contributed by atoms with E-state index >= 15 is 0 Å². The van der Waals surface area contributed by atoms with Gasteiger partial charge in [-0.2, -0.15) is 18.3 Å². The molecule has 0 unspecified atom stereocenters. The number of nitrogens with one attached hydrogen (secondary N) is 3. The number of nitrogens with zero attached hydrogens (tertiary/aromatic N) is 5. The molecule has 2 aliphatic heterocycles. The monoisotopic (exact) mass is 720 g/mol. The number of carbonyl (C=O) groups is 6. The topological polar surface area (TPSA) is 196 Å². The molecule has 5 rings (SSSR count). The van der Waals surface area contributed by atoms with Gasteiger partial charge in [-0.3, -0.25) is 24.0 Å². The maximum atomic E-state index is 13.5. The van der Waals surface area contributed by atoms with E-state index in [0.717, 1.165) is 24.2 Å². The van der Waals surface area contributed by atoms with Gasteiger partial charge in [0.05, 0.1) is 5.69 Å². The first-order valence-corrected chi connectivity index (χ1v) is 16.6. The van der Waals surface area contributed by atoms with E-state index in [1.807, 2.05) is 0 Å². The third-order valence-electron chi connectivity index (χ3n) is 9.02. The Morgan fingerprint density at radius 1 is 0.941 bits per heavy atom. The molecule has 0 radical (unpaired) electrons. The largest absolute Gasteiger partial charge is 0.471 e. The normalized spacial score (nSPS) is 18.4. The van der Waals surface area contributed by atoms with E-state index < -0.39 is 67.6 Å². The van der Waals surface area contributed by atoms with Crippen LogP contribution in [0.2, 0.25) is 0 Å². The molecule has 0 bridgehead atoms. The molecule has 19 heteroatoms. The van der Waals surface area contributed by atoms with Gasteiger partial charge in [0.25, 0.3) is 11.8 Å². The third-order valence-corrected chi connectivity index (χ3v) is 9.02. The summed E-state index contributed by atoms with van der Waals surface area (Å²) in [6.07, 6.45) is -2.73. The molecule has 2 saturated heterocycles. The van der Waals surface area contributed by atoms with Crippen LogP contribution in [-0.2, 0) is 19.2 Å². The van der Waals surface area contributed by atoms with E-state index in [-0.39, 0.29) is 49.7 Å². The van der Waals surface area contributed by atoms with Crippen molar-refractivity contribution < 1.29 is 51.8 Å². The lowest BCUT2D eigenvalue weighted by atomic mass is 9.93. The SMILES string of the molecule is O=C(N[C@@H](CCNC(=O)C(F)(F)F)C(=O)N1CCN(C(=O)O)CC1)c1cc(OCC(=O)N2CCC[C@H]2C(=O)NC2CCC2)n(-c2ccccc2)n1. The Morgan fingerprint density at radius 3 is 2.25 bits per heavy atom. The molecule has 1 aromatic heterocycles. The maximum absolute atomic E-state index is 13.5. The van der Waals surface area contributed by atoms with Crippen LogP contribution >= 0.6 is 0 Å². The molecule has 51 heavy (non-hydrogen) atoms. The number of piperazine rings is 1. The van der Waals surface area contributed by atoms with Crippen LogP contribution < -0.4 is 20.7 Å². The second-order valence-corrected chi connectivity index (χ2v) is 12.4. The number of halogens is 3. The zero-order chi connectivity index (χ0) is 36.7. The van der Waals surface area contributed by atoms with Gasteiger partial charge in [-0.25, -0.2) is 9.48 Å². The van der Waals surface area contributed by atoms with Crippen LogP contribution in [0.4, 0.5) is 18.0 Å². The van der Waals surface area contributed by atoms with Crippen molar-refractivity contribution in [1.29, 1.82) is 0 Å². The Labute approximate surface area is 290 Å². The average Bonchev–Trinajstić information content (AvgIpc) is 3.76. The first kappa shape index (κ1) is 36.9. The van der Waals surface area contributed by atoms with Gasteiger partial charge in [-0.15, -0.1) is 0 Å². The Hall–Kier alpha value is -5.36. The van der Waals surface area contributed by atoms with E-state index in [9.17, 15) is 47.0 Å². The number of hydrogen-bond donors (Lipinski definition) is 4. The van der Waals surface area contributed by atoms with Gasteiger partial charge in [0.2, 0.25) is 17.7 Å². The standard InChI is InChI=1S/C32H39F3N8O8/c33-32(34,35)30(48)36-12-11-22(29(47)40-14-16-41(17-15-40)31(49)50)38-27(45)23-18-26(43(39-23)21-8-2-1-3-9-21)51-19-25(44)42-13-5-10-24(42)28(46)37-20-6-4-7-20/h1-3,8-9,18,20,22,24H,4-7,10-17,19H2,(H,36,48)(H,37,46)(H,38,45)(H,49,50)/t22-,24-/m0/s1. The summed E-state index contributed by atoms with van der Waals surface area (Å²) >= 11 is 0. The molecule has 2 aromatic rings. The summed E-state index contributed by atoms with van der Waals surface area (Å²) < 4.78 is 45.5. The minimum absolute atomic E-state index is 0.0144. The molecular formula is C32H39F3N8O8. The van der Waals surface area contributed by atoms with Gasteiger partial charge in [0.1, 0.15) is 12.1 Å². The van der Waals surface area contributed by atoms with Crippen molar-refractivity contribution in [3.63, 3.8) is 0 Å². The highest BCUT2D eigenvalue weighted by molar-refractivity contribution is 5.96. The fraction of sp³-hybridized carbons (Fsp3) is 0.531. The fourth-order valence-corrected chi connectivity index (χ4v) is 6.00. The van der Waals surface area contributed by atoms with Crippen molar-refractivity contribution >= 4 is 35.6 Å². The Morgan fingerprint density at radius 2 is 1.63 bits per heavy atom. The highest BCUT2D eigenvalue weighted by Gasteiger charge is 2.39. The smallest absolute Gasteiger partial charge is 0.467 e. The summed E-state index contributed by atoms with van der Waals surface area (Å²) in [5, 5.41) is 20.7. The number of carbonyl (C=O) groups excluding carboxylic acids is 5. The first-order chi connectivity index (χ1) is 24.3. The Balaban J connectivity index is 1.30. The van der Waals surface area contributed by atoms with Crippen molar-refractivity contribution in [3.05, 3.63) is 42.1 Å². The number of ether oxygens (including phenoxy) is 1. The maximum Gasteiger partial charge on any atom is 0.471 e. The number of amides is 6. The summed E-state index contributed by atoms with van der Waals surface area (Å²) in [6, 6.07) is 7.79. The molecule has 1 aliphatic carbocycles. The number of aromatic nitrogens is 2. The number of benzene rings is 1. The molecule has 3 fully saturated rings. The number of rotatable bonds is 12. The molecule has 16 nitrogen and oxygen atoms in total. The average molecular weight is 721 g/mol. The van der Waals surface area contributed by atoms with E-state index in [4.69, 9.17) is 4.74 Å². The van der Waals surface area contributed by atoms with Gasteiger partial charge >= 0.3 is 18.2 Å². The quantitative estimate of drug-likeness (QED) is 0.246. The van der Waals surface area contributed by atoms with Crippen LogP contribution in [0.1, 0.15) is 49.0 Å². The molecule has 3 aliphatic rings.